The summed E-state index contributed by atoms with van der Waals surface area (Å²) in [6.07, 6.45) is 7.35. The third-order valence-corrected chi connectivity index (χ3v) is 6.15. The van der Waals surface area contributed by atoms with Crippen molar-refractivity contribution in [2.45, 2.75) is 58.3 Å². The van der Waals surface area contributed by atoms with Gasteiger partial charge in [-0.3, -0.25) is 4.79 Å². The molecule has 2 aromatic carbocycles. The second kappa shape index (κ2) is 10.6. The summed E-state index contributed by atoms with van der Waals surface area (Å²) in [5.41, 5.74) is 4.99. The Kier molecular flexibility index (Phi) is 7.35. The second-order valence-corrected chi connectivity index (χ2v) is 8.39. The van der Waals surface area contributed by atoms with Gasteiger partial charge in [0.2, 0.25) is 0 Å². The van der Waals surface area contributed by atoms with Crippen molar-refractivity contribution in [1.29, 1.82) is 0 Å². The number of nitrogens with one attached hydrogen (secondary N) is 1. The Morgan fingerprint density at radius 2 is 1.97 bits per heavy atom. The van der Waals surface area contributed by atoms with Gasteiger partial charge in [0, 0.05) is 29.1 Å². The van der Waals surface area contributed by atoms with E-state index in [1.165, 1.54) is 22.1 Å². The number of H-pyrrole nitrogens is 1. The Balaban J connectivity index is 1.27. The number of hydrogen-bond acceptors (Lipinski definition) is 4. The molecule has 1 atom stereocenters. The van der Waals surface area contributed by atoms with Gasteiger partial charge in [-0.15, -0.1) is 0 Å². The molecule has 0 unspecified atom stereocenters. The molecule has 1 heterocycles. The molecule has 0 aliphatic heterocycles. The summed E-state index contributed by atoms with van der Waals surface area (Å²) in [7, 11) is 0. The minimum Gasteiger partial charge on any atom is -0.493 e. The van der Waals surface area contributed by atoms with E-state index in [4.69, 9.17) is 14.2 Å². The standard InChI is InChI=1S/C27H33NO4/c1-3-6-24-23-13-14-28-25(23)11-12-26(24)32-16-5-15-31-21-9-10-22-19(17-21)7-8-20(22)18-27(29)30-4-2/h9-14,17,20,28H,3-8,15-16,18H2,1-2H3/t20-/m0/s1. The summed E-state index contributed by atoms with van der Waals surface area (Å²) in [6, 6.07) is 12.5. The molecule has 5 heteroatoms. The number of carbonyl (C=O) groups is 1. The zero-order chi connectivity index (χ0) is 22.3. The summed E-state index contributed by atoms with van der Waals surface area (Å²) in [5.74, 6) is 2.02. The fourth-order valence-electron chi connectivity index (χ4n) is 4.65. The van der Waals surface area contributed by atoms with Gasteiger partial charge >= 0.3 is 5.97 Å². The van der Waals surface area contributed by atoms with Crippen LogP contribution in [0.4, 0.5) is 0 Å². The molecular weight excluding hydrogens is 402 g/mol. The quantitative estimate of drug-likeness (QED) is 0.299. The van der Waals surface area contributed by atoms with E-state index in [2.05, 4.69) is 42.2 Å². The molecule has 1 aliphatic carbocycles. The predicted octanol–water partition coefficient (Wildman–Crippen LogP) is 5.95. The van der Waals surface area contributed by atoms with Gasteiger partial charge in [0.1, 0.15) is 11.5 Å². The zero-order valence-electron chi connectivity index (χ0n) is 19.1. The molecule has 3 aromatic rings. The minimum absolute atomic E-state index is 0.108. The Morgan fingerprint density at radius 1 is 1.09 bits per heavy atom. The van der Waals surface area contributed by atoms with E-state index < -0.39 is 0 Å². The number of hydrogen-bond donors (Lipinski definition) is 1. The van der Waals surface area contributed by atoms with Crippen molar-refractivity contribution >= 4 is 16.9 Å². The minimum atomic E-state index is -0.108. The number of aryl methyl sites for hydroxylation is 2. The van der Waals surface area contributed by atoms with E-state index in [1.807, 2.05) is 19.2 Å². The molecule has 0 saturated heterocycles. The average molecular weight is 436 g/mol. The van der Waals surface area contributed by atoms with Gasteiger partial charge in [0.05, 0.1) is 26.2 Å². The van der Waals surface area contributed by atoms with Gasteiger partial charge in [-0.25, -0.2) is 0 Å². The van der Waals surface area contributed by atoms with E-state index in [-0.39, 0.29) is 11.9 Å². The highest BCUT2D eigenvalue weighted by molar-refractivity contribution is 5.85. The summed E-state index contributed by atoms with van der Waals surface area (Å²) in [4.78, 5) is 15.1. The molecule has 4 rings (SSSR count). The highest BCUT2D eigenvalue weighted by Gasteiger charge is 2.25. The maximum atomic E-state index is 11.8. The van der Waals surface area contributed by atoms with Crippen molar-refractivity contribution < 1.29 is 19.0 Å². The van der Waals surface area contributed by atoms with Gasteiger partial charge < -0.3 is 19.2 Å². The highest BCUT2D eigenvalue weighted by Crippen LogP contribution is 2.37. The van der Waals surface area contributed by atoms with Gasteiger partial charge in [-0.1, -0.05) is 19.4 Å². The van der Waals surface area contributed by atoms with Crippen LogP contribution in [0.15, 0.2) is 42.6 Å². The Morgan fingerprint density at radius 3 is 2.81 bits per heavy atom. The first kappa shape index (κ1) is 22.3. The molecule has 170 valence electrons. The van der Waals surface area contributed by atoms with Crippen molar-refractivity contribution in [2.75, 3.05) is 19.8 Å². The number of aromatic nitrogens is 1. The van der Waals surface area contributed by atoms with Crippen LogP contribution in [0.25, 0.3) is 10.9 Å². The van der Waals surface area contributed by atoms with Gasteiger partial charge in [-0.05, 0) is 73.6 Å². The number of aromatic amines is 1. The first-order valence-electron chi connectivity index (χ1n) is 11.8. The van der Waals surface area contributed by atoms with Crippen molar-refractivity contribution in [1.82, 2.24) is 4.98 Å². The number of benzene rings is 2. The molecule has 5 nitrogen and oxygen atoms in total. The lowest BCUT2D eigenvalue weighted by atomic mass is 9.98. The monoisotopic (exact) mass is 435 g/mol. The van der Waals surface area contributed by atoms with E-state index in [1.54, 1.807) is 0 Å². The van der Waals surface area contributed by atoms with Crippen molar-refractivity contribution in [3.63, 3.8) is 0 Å². The maximum absolute atomic E-state index is 11.8. The molecule has 0 spiro atoms. The summed E-state index contributed by atoms with van der Waals surface area (Å²) in [6.45, 7) is 5.72. The van der Waals surface area contributed by atoms with Crippen LogP contribution in [0.2, 0.25) is 0 Å². The molecule has 0 radical (unpaired) electrons. The van der Waals surface area contributed by atoms with Crippen LogP contribution in [0, 0.1) is 0 Å². The smallest absolute Gasteiger partial charge is 0.306 e. The van der Waals surface area contributed by atoms with Crippen LogP contribution in [0.5, 0.6) is 11.5 Å². The number of fused-ring (bicyclic) bond motifs is 2. The summed E-state index contributed by atoms with van der Waals surface area (Å²) >= 11 is 0. The predicted molar refractivity (Wildman–Crippen MR) is 127 cm³/mol. The SMILES string of the molecule is CCCc1c(OCCCOc2ccc3c(c2)CC[C@H]3CC(=O)OCC)ccc2[nH]ccc12. The zero-order valence-corrected chi connectivity index (χ0v) is 19.1. The van der Waals surface area contributed by atoms with Crippen LogP contribution < -0.4 is 9.47 Å². The number of ether oxygens (including phenoxy) is 3. The normalized spacial score (nSPS) is 15.0. The van der Waals surface area contributed by atoms with Crippen LogP contribution >= 0.6 is 0 Å². The third-order valence-electron chi connectivity index (χ3n) is 6.15. The van der Waals surface area contributed by atoms with Crippen molar-refractivity contribution in [2.24, 2.45) is 0 Å². The molecule has 0 fully saturated rings. The van der Waals surface area contributed by atoms with E-state index in [9.17, 15) is 4.79 Å². The lowest BCUT2D eigenvalue weighted by Crippen LogP contribution is -2.08. The van der Waals surface area contributed by atoms with Gasteiger partial charge in [-0.2, -0.15) is 0 Å². The Labute approximate surface area is 190 Å². The average Bonchev–Trinajstić information content (AvgIpc) is 3.42. The lowest BCUT2D eigenvalue weighted by Gasteiger charge is -2.14. The maximum Gasteiger partial charge on any atom is 0.306 e. The molecule has 0 amide bonds. The fourth-order valence-corrected chi connectivity index (χ4v) is 4.65. The molecule has 32 heavy (non-hydrogen) atoms. The van der Waals surface area contributed by atoms with Crippen LogP contribution in [0.3, 0.4) is 0 Å². The fraction of sp³-hybridized carbons (Fsp3) is 0.444. The van der Waals surface area contributed by atoms with E-state index in [0.29, 0.717) is 26.2 Å². The van der Waals surface area contributed by atoms with E-state index in [0.717, 1.165) is 49.1 Å². The first-order valence-corrected chi connectivity index (χ1v) is 11.8. The van der Waals surface area contributed by atoms with Crippen LogP contribution in [-0.2, 0) is 22.4 Å². The summed E-state index contributed by atoms with van der Waals surface area (Å²) < 4.78 is 17.2. The molecule has 1 aromatic heterocycles. The molecule has 0 saturated carbocycles. The highest BCUT2D eigenvalue weighted by atomic mass is 16.5. The van der Waals surface area contributed by atoms with Crippen molar-refractivity contribution in [3.8, 4) is 11.5 Å². The van der Waals surface area contributed by atoms with Crippen molar-refractivity contribution in [3.05, 3.63) is 59.3 Å². The number of esters is 1. The molecule has 0 bridgehead atoms. The lowest BCUT2D eigenvalue weighted by molar-refractivity contribution is -0.143. The van der Waals surface area contributed by atoms with Gasteiger partial charge in [0.15, 0.2) is 0 Å². The largest absolute Gasteiger partial charge is 0.493 e. The van der Waals surface area contributed by atoms with Gasteiger partial charge in [0.25, 0.3) is 0 Å². The third kappa shape index (κ3) is 5.09. The van der Waals surface area contributed by atoms with Crippen LogP contribution in [0.1, 0.15) is 62.1 Å². The Hall–Kier alpha value is -2.95. The molecular formula is C27H33NO4. The van der Waals surface area contributed by atoms with Crippen LogP contribution in [-0.4, -0.2) is 30.8 Å². The first-order chi connectivity index (χ1) is 15.7. The Bertz CT molecular complexity index is 1050. The molecule has 1 aliphatic rings. The van der Waals surface area contributed by atoms with E-state index >= 15 is 0 Å². The molecule has 1 N–H and O–H groups in total. The summed E-state index contributed by atoms with van der Waals surface area (Å²) in [5, 5.41) is 1.25. The second-order valence-electron chi connectivity index (χ2n) is 8.39. The number of rotatable bonds is 11. The number of carbonyl (C=O) groups excluding carboxylic acids is 1. The topological polar surface area (TPSA) is 60.6 Å².